The van der Waals surface area contributed by atoms with Crippen LogP contribution in [0.4, 0.5) is 0 Å². The van der Waals surface area contributed by atoms with E-state index in [-0.39, 0.29) is 6.10 Å². The van der Waals surface area contributed by atoms with Gasteiger partial charge in [0.1, 0.15) is 6.61 Å². The Morgan fingerprint density at radius 2 is 2.00 bits per heavy atom. The maximum absolute atomic E-state index is 9.61. The number of hydrogen-bond acceptors (Lipinski definition) is 2. The number of rotatable bonds is 8. The summed E-state index contributed by atoms with van der Waals surface area (Å²) in [6, 6.07) is 10.00. The first-order valence-electron chi connectivity index (χ1n) is 6.33. The minimum Gasteiger partial charge on any atom is -0.497 e. The fourth-order valence-electron chi connectivity index (χ4n) is 1.56. The lowest BCUT2D eigenvalue weighted by Crippen LogP contribution is -2.01. The number of aliphatic hydroxyl groups excluding tert-OH is 1. The molecule has 0 aliphatic heterocycles. The Labute approximate surface area is 104 Å². The Morgan fingerprint density at radius 1 is 1.24 bits per heavy atom. The standard InChI is InChI=1S/C15H22O2/c1-2-3-5-10-15(16)11-12-17-13-14-8-6-4-7-9-14/h4,6-9,11-12,15-16H,2-3,5,10,13H2,1H3/b12-11-. The molecule has 0 heterocycles. The third-order valence-electron chi connectivity index (χ3n) is 2.59. The zero-order chi connectivity index (χ0) is 12.3. The molecule has 0 aliphatic rings. The summed E-state index contributed by atoms with van der Waals surface area (Å²) < 4.78 is 5.36. The Morgan fingerprint density at radius 3 is 2.71 bits per heavy atom. The van der Waals surface area contributed by atoms with Crippen LogP contribution in [-0.4, -0.2) is 11.2 Å². The number of unbranched alkanes of at least 4 members (excludes halogenated alkanes) is 2. The van der Waals surface area contributed by atoms with Gasteiger partial charge < -0.3 is 9.84 Å². The number of aliphatic hydroxyl groups is 1. The van der Waals surface area contributed by atoms with Crippen LogP contribution >= 0.6 is 0 Å². The largest absolute Gasteiger partial charge is 0.497 e. The summed E-state index contributed by atoms with van der Waals surface area (Å²) in [5.41, 5.74) is 1.14. The summed E-state index contributed by atoms with van der Waals surface area (Å²) in [6.45, 7) is 2.71. The van der Waals surface area contributed by atoms with Crippen LogP contribution in [0.1, 0.15) is 38.2 Å². The quantitative estimate of drug-likeness (QED) is 0.549. The van der Waals surface area contributed by atoms with E-state index in [9.17, 15) is 5.11 Å². The van der Waals surface area contributed by atoms with Crippen molar-refractivity contribution in [2.24, 2.45) is 0 Å². The summed E-state index contributed by atoms with van der Waals surface area (Å²) in [4.78, 5) is 0. The van der Waals surface area contributed by atoms with Crippen LogP contribution in [-0.2, 0) is 11.3 Å². The molecular formula is C15H22O2. The molecule has 1 N–H and O–H groups in total. The van der Waals surface area contributed by atoms with E-state index >= 15 is 0 Å². The van der Waals surface area contributed by atoms with E-state index in [1.807, 2.05) is 30.3 Å². The molecule has 1 unspecified atom stereocenters. The molecule has 1 atom stereocenters. The highest BCUT2D eigenvalue weighted by atomic mass is 16.5. The zero-order valence-corrected chi connectivity index (χ0v) is 10.5. The molecule has 94 valence electrons. The molecule has 0 spiro atoms. The van der Waals surface area contributed by atoms with Crippen molar-refractivity contribution < 1.29 is 9.84 Å². The van der Waals surface area contributed by atoms with E-state index in [1.54, 1.807) is 12.3 Å². The maximum atomic E-state index is 9.61. The first-order valence-corrected chi connectivity index (χ1v) is 6.33. The van der Waals surface area contributed by atoms with Gasteiger partial charge in [-0.15, -0.1) is 0 Å². The van der Waals surface area contributed by atoms with Gasteiger partial charge in [0.2, 0.25) is 0 Å². The normalized spacial score (nSPS) is 12.8. The second-order valence-electron chi connectivity index (χ2n) is 4.19. The van der Waals surface area contributed by atoms with Crippen LogP contribution in [0.25, 0.3) is 0 Å². The van der Waals surface area contributed by atoms with Crippen molar-refractivity contribution in [2.45, 2.75) is 45.3 Å². The summed E-state index contributed by atoms with van der Waals surface area (Å²) in [5.74, 6) is 0. The van der Waals surface area contributed by atoms with Crippen molar-refractivity contribution >= 4 is 0 Å². The molecule has 1 aromatic carbocycles. The molecule has 1 aromatic rings. The Balaban J connectivity index is 2.13. The number of ether oxygens (including phenoxy) is 1. The van der Waals surface area contributed by atoms with E-state index in [0.29, 0.717) is 6.61 Å². The van der Waals surface area contributed by atoms with E-state index in [0.717, 1.165) is 18.4 Å². The monoisotopic (exact) mass is 234 g/mol. The predicted molar refractivity (Wildman–Crippen MR) is 70.5 cm³/mol. The van der Waals surface area contributed by atoms with Crippen LogP contribution < -0.4 is 0 Å². The molecule has 0 aromatic heterocycles. The lowest BCUT2D eigenvalue weighted by molar-refractivity contribution is 0.192. The molecular weight excluding hydrogens is 212 g/mol. The molecule has 0 amide bonds. The highest BCUT2D eigenvalue weighted by Gasteiger charge is 1.97. The fourth-order valence-corrected chi connectivity index (χ4v) is 1.56. The molecule has 0 aliphatic carbocycles. The first-order chi connectivity index (χ1) is 8.33. The van der Waals surface area contributed by atoms with Crippen molar-refractivity contribution in [2.75, 3.05) is 0 Å². The van der Waals surface area contributed by atoms with Crippen molar-refractivity contribution in [1.82, 2.24) is 0 Å². The van der Waals surface area contributed by atoms with Gasteiger partial charge in [-0.25, -0.2) is 0 Å². The van der Waals surface area contributed by atoms with E-state index < -0.39 is 0 Å². The molecule has 0 radical (unpaired) electrons. The lowest BCUT2D eigenvalue weighted by atomic mass is 10.1. The van der Waals surface area contributed by atoms with Crippen molar-refractivity contribution in [1.29, 1.82) is 0 Å². The van der Waals surface area contributed by atoms with Crippen LogP contribution in [0.5, 0.6) is 0 Å². The second kappa shape index (κ2) is 8.82. The maximum Gasteiger partial charge on any atom is 0.112 e. The molecule has 2 nitrogen and oxygen atoms in total. The zero-order valence-electron chi connectivity index (χ0n) is 10.5. The summed E-state index contributed by atoms with van der Waals surface area (Å²) in [6.07, 6.45) is 7.19. The molecule has 17 heavy (non-hydrogen) atoms. The highest BCUT2D eigenvalue weighted by Crippen LogP contribution is 2.05. The highest BCUT2D eigenvalue weighted by molar-refractivity contribution is 5.13. The van der Waals surface area contributed by atoms with Gasteiger partial charge in [-0.2, -0.15) is 0 Å². The minimum absolute atomic E-state index is 0.377. The van der Waals surface area contributed by atoms with Gasteiger partial charge in [0.15, 0.2) is 0 Å². The average molecular weight is 234 g/mol. The van der Waals surface area contributed by atoms with Crippen molar-refractivity contribution in [3.8, 4) is 0 Å². The summed E-state index contributed by atoms with van der Waals surface area (Å²) >= 11 is 0. The van der Waals surface area contributed by atoms with Crippen LogP contribution in [0.15, 0.2) is 42.7 Å². The Bertz CT molecular complexity index is 306. The van der Waals surface area contributed by atoms with Gasteiger partial charge in [-0.1, -0.05) is 56.5 Å². The Kier molecular flexibility index (Phi) is 7.15. The third kappa shape index (κ3) is 6.80. The molecule has 0 saturated heterocycles. The summed E-state index contributed by atoms with van der Waals surface area (Å²) in [7, 11) is 0. The summed E-state index contributed by atoms with van der Waals surface area (Å²) in [5, 5.41) is 9.61. The smallest absolute Gasteiger partial charge is 0.112 e. The number of benzene rings is 1. The van der Waals surface area contributed by atoms with Gasteiger partial charge in [0.25, 0.3) is 0 Å². The third-order valence-corrected chi connectivity index (χ3v) is 2.59. The molecule has 2 heteroatoms. The van der Waals surface area contributed by atoms with E-state index in [4.69, 9.17) is 4.74 Å². The van der Waals surface area contributed by atoms with Crippen LogP contribution in [0, 0.1) is 0 Å². The predicted octanol–water partition coefficient (Wildman–Crippen LogP) is 3.66. The van der Waals surface area contributed by atoms with Gasteiger partial charge in [0.05, 0.1) is 12.4 Å². The molecule has 0 bridgehead atoms. The van der Waals surface area contributed by atoms with Crippen LogP contribution in [0.2, 0.25) is 0 Å². The topological polar surface area (TPSA) is 29.5 Å². The molecule has 1 rings (SSSR count). The average Bonchev–Trinajstić information content (AvgIpc) is 2.36. The van der Waals surface area contributed by atoms with Gasteiger partial charge in [-0.3, -0.25) is 0 Å². The molecule has 0 fully saturated rings. The fraction of sp³-hybridized carbons (Fsp3) is 0.467. The second-order valence-corrected chi connectivity index (χ2v) is 4.19. The van der Waals surface area contributed by atoms with Crippen molar-refractivity contribution in [3.05, 3.63) is 48.2 Å². The van der Waals surface area contributed by atoms with Gasteiger partial charge in [0, 0.05) is 0 Å². The Hall–Kier alpha value is -1.28. The SMILES string of the molecule is CCCCCC(O)/C=C\OCc1ccccc1. The molecule has 0 saturated carbocycles. The van der Waals surface area contributed by atoms with Gasteiger partial charge in [-0.05, 0) is 18.1 Å². The first kappa shape index (κ1) is 13.8. The minimum atomic E-state index is -0.377. The number of hydrogen-bond donors (Lipinski definition) is 1. The van der Waals surface area contributed by atoms with Crippen LogP contribution in [0.3, 0.4) is 0 Å². The lowest BCUT2D eigenvalue weighted by Gasteiger charge is -2.05. The van der Waals surface area contributed by atoms with Gasteiger partial charge >= 0.3 is 0 Å². The van der Waals surface area contributed by atoms with Crippen molar-refractivity contribution in [3.63, 3.8) is 0 Å². The van der Waals surface area contributed by atoms with E-state index in [1.165, 1.54) is 12.8 Å². The van der Waals surface area contributed by atoms with E-state index in [2.05, 4.69) is 6.92 Å².